The van der Waals surface area contributed by atoms with Crippen LogP contribution in [0.25, 0.3) is 0 Å². The molecule has 6 heteroatoms. The van der Waals surface area contributed by atoms with E-state index in [0.717, 1.165) is 56.8 Å². The van der Waals surface area contributed by atoms with Gasteiger partial charge >= 0.3 is 0 Å². The maximum atomic E-state index is 13.4. The van der Waals surface area contributed by atoms with E-state index in [1.807, 2.05) is 29.8 Å². The molecule has 0 unspecified atom stereocenters. The van der Waals surface area contributed by atoms with Gasteiger partial charge in [0.25, 0.3) is 0 Å². The fraction of sp³-hybridized carbons (Fsp3) is 0.600. The molecule has 0 aliphatic carbocycles. The summed E-state index contributed by atoms with van der Waals surface area (Å²) in [5.41, 5.74) is 0.910. The second-order valence-corrected chi connectivity index (χ2v) is 6.77. The molecule has 5 nitrogen and oxygen atoms in total. The van der Waals surface area contributed by atoms with Crippen molar-refractivity contribution in [2.75, 3.05) is 33.2 Å². The van der Waals surface area contributed by atoms with Crippen LogP contribution in [0.3, 0.4) is 0 Å². The lowest BCUT2D eigenvalue weighted by Gasteiger charge is -2.23. The highest BCUT2D eigenvalue weighted by molar-refractivity contribution is 5.79. The van der Waals surface area contributed by atoms with Gasteiger partial charge in [-0.2, -0.15) is 0 Å². The summed E-state index contributed by atoms with van der Waals surface area (Å²) in [6.07, 6.45) is 4.81. The van der Waals surface area contributed by atoms with Crippen LogP contribution in [0.1, 0.15) is 44.6 Å². The molecule has 0 bridgehead atoms. The van der Waals surface area contributed by atoms with Gasteiger partial charge in [0.1, 0.15) is 5.82 Å². The normalized spacial score (nSPS) is 15.7. The van der Waals surface area contributed by atoms with Crippen LogP contribution in [0.5, 0.6) is 0 Å². The van der Waals surface area contributed by atoms with E-state index in [1.165, 1.54) is 6.07 Å². The zero-order chi connectivity index (χ0) is 18.8. The molecular formula is C20H31FN4O. The lowest BCUT2D eigenvalue weighted by atomic mass is 10.2. The Morgan fingerprint density at radius 1 is 1.35 bits per heavy atom. The van der Waals surface area contributed by atoms with Crippen LogP contribution < -0.4 is 5.32 Å². The number of carbonyl (C=O) groups is 1. The number of aliphatic imine (C=N–C) groups is 1. The molecule has 0 saturated carbocycles. The zero-order valence-corrected chi connectivity index (χ0v) is 16.0. The van der Waals surface area contributed by atoms with Gasteiger partial charge in [-0.05, 0) is 43.9 Å². The Morgan fingerprint density at radius 2 is 2.19 bits per heavy atom. The minimum Gasteiger partial charge on any atom is -0.357 e. The molecule has 1 N–H and O–H groups in total. The van der Waals surface area contributed by atoms with E-state index in [9.17, 15) is 9.18 Å². The van der Waals surface area contributed by atoms with Crippen LogP contribution in [0.15, 0.2) is 29.3 Å². The average Bonchev–Trinajstić information content (AvgIpc) is 2.82. The molecule has 144 valence electrons. The molecule has 1 aromatic rings. The molecule has 1 fully saturated rings. The minimum absolute atomic E-state index is 0.222. The van der Waals surface area contributed by atoms with Crippen LogP contribution in [0.2, 0.25) is 0 Å². The molecular weight excluding hydrogens is 331 g/mol. The van der Waals surface area contributed by atoms with Gasteiger partial charge in [0.05, 0.1) is 0 Å². The number of halogens is 1. The summed E-state index contributed by atoms with van der Waals surface area (Å²) in [5.74, 6) is 0.862. The quantitative estimate of drug-likeness (QED) is 0.461. The molecule has 0 atom stereocenters. The van der Waals surface area contributed by atoms with E-state index >= 15 is 0 Å². The number of amides is 1. The molecule has 2 rings (SSSR count). The van der Waals surface area contributed by atoms with Gasteiger partial charge in [0, 0.05) is 46.2 Å². The van der Waals surface area contributed by atoms with Gasteiger partial charge in [-0.25, -0.2) is 4.39 Å². The Balaban J connectivity index is 1.85. The van der Waals surface area contributed by atoms with E-state index < -0.39 is 0 Å². The summed E-state index contributed by atoms with van der Waals surface area (Å²) in [5, 5.41) is 3.28. The summed E-state index contributed by atoms with van der Waals surface area (Å²) in [7, 11) is 1.95. The highest BCUT2D eigenvalue weighted by Gasteiger charge is 2.15. The number of rotatable bonds is 7. The Labute approximate surface area is 156 Å². The Kier molecular flexibility index (Phi) is 8.38. The molecule has 1 amide bonds. The van der Waals surface area contributed by atoms with Crippen molar-refractivity contribution in [2.24, 2.45) is 4.99 Å². The van der Waals surface area contributed by atoms with Crippen molar-refractivity contribution in [1.29, 1.82) is 0 Å². The van der Waals surface area contributed by atoms with Crippen LogP contribution in [0, 0.1) is 5.82 Å². The summed E-state index contributed by atoms with van der Waals surface area (Å²) < 4.78 is 13.4. The van der Waals surface area contributed by atoms with E-state index in [4.69, 9.17) is 0 Å². The van der Waals surface area contributed by atoms with Crippen molar-refractivity contribution >= 4 is 11.9 Å². The molecule has 0 spiro atoms. The SMILES string of the molecule is CCNC(=NCCCN1CCCCCC1=O)N(C)Cc1cccc(F)c1. The van der Waals surface area contributed by atoms with Gasteiger partial charge in [-0.15, -0.1) is 0 Å². The second kappa shape index (κ2) is 10.8. The predicted octanol–water partition coefficient (Wildman–Crippen LogP) is 3.02. The molecule has 0 radical (unpaired) electrons. The van der Waals surface area contributed by atoms with Crippen molar-refractivity contribution in [3.05, 3.63) is 35.6 Å². The predicted molar refractivity (Wildman–Crippen MR) is 104 cm³/mol. The molecule has 1 heterocycles. The number of guanidine groups is 1. The third-order valence-corrected chi connectivity index (χ3v) is 4.52. The summed E-state index contributed by atoms with van der Waals surface area (Å²) >= 11 is 0. The molecule has 0 aromatic heterocycles. The molecule has 26 heavy (non-hydrogen) atoms. The molecule has 1 aromatic carbocycles. The monoisotopic (exact) mass is 362 g/mol. The van der Waals surface area contributed by atoms with Gasteiger partial charge in [-0.3, -0.25) is 9.79 Å². The second-order valence-electron chi connectivity index (χ2n) is 6.77. The van der Waals surface area contributed by atoms with Crippen LogP contribution in [-0.2, 0) is 11.3 Å². The Morgan fingerprint density at radius 3 is 2.96 bits per heavy atom. The van der Waals surface area contributed by atoms with Gasteiger partial charge in [-0.1, -0.05) is 18.6 Å². The van der Waals surface area contributed by atoms with Crippen molar-refractivity contribution in [1.82, 2.24) is 15.1 Å². The van der Waals surface area contributed by atoms with Crippen LogP contribution >= 0.6 is 0 Å². The highest BCUT2D eigenvalue weighted by Crippen LogP contribution is 2.11. The first-order chi connectivity index (χ1) is 12.6. The summed E-state index contributed by atoms with van der Waals surface area (Å²) in [6.45, 7) is 5.71. The standard InChI is InChI=1S/C20H31FN4O/c1-3-22-20(24(2)16-17-9-7-10-18(21)15-17)23-12-8-14-25-13-6-4-5-11-19(25)26/h7,9-10,15H,3-6,8,11-14,16H2,1-2H3,(H,22,23). The number of hydrogen-bond donors (Lipinski definition) is 1. The maximum Gasteiger partial charge on any atom is 0.222 e. The Hall–Kier alpha value is -2.11. The number of likely N-dealkylation sites (tertiary alicyclic amines) is 1. The highest BCUT2D eigenvalue weighted by atomic mass is 19.1. The molecule has 1 saturated heterocycles. The number of carbonyl (C=O) groups excluding carboxylic acids is 1. The van der Waals surface area contributed by atoms with Crippen LogP contribution in [0.4, 0.5) is 4.39 Å². The van der Waals surface area contributed by atoms with Crippen molar-refractivity contribution in [3.8, 4) is 0 Å². The molecule has 1 aliphatic rings. The van der Waals surface area contributed by atoms with E-state index in [0.29, 0.717) is 19.5 Å². The number of benzene rings is 1. The zero-order valence-electron chi connectivity index (χ0n) is 16.0. The topological polar surface area (TPSA) is 47.9 Å². The van der Waals surface area contributed by atoms with Crippen molar-refractivity contribution in [3.63, 3.8) is 0 Å². The smallest absolute Gasteiger partial charge is 0.222 e. The Bertz CT molecular complexity index is 605. The first-order valence-corrected chi connectivity index (χ1v) is 9.62. The van der Waals surface area contributed by atoms with Gasteiger partial charge in [0.2, 0.25) is 5.91 Å². The molecule has 1 aliphatic heterocycles. The fourth-order valence-corrected chi connectivity index (χ4v) is 3.18. The number of nitrogens with zero attached hydrogens (tertiary/aromatic N) is 3. The lowest BCUT2D eigenvalue weighted by molar-refractivity contribution is -0.130. The first kappa shape index (κ1) is 20.2. The third-order valence-electron chi connectivity index (χ3n) is 4.52. The van der Waals surface area contributed by atoms with Crippen molar-refractivity contribution < 1.29 is 9.18 Å². The first-order valence-electron chi connectivity index (χ1n) is 9.62. The fourth-order valence-electron chi connectivity index (χ4n) is 3.18. The van der Waals surface area contributed by atoms with Gasteiger partial charge < -0.3 is 15.1 Å². The van der Waals surface area contributed by atoms with Crippen LogP contribution in [-0.4, -0.2) is 54.9 Å². The van der Waals surface area contributed by atoms with E-state index in [1.54, 1.807) is 12.1 Å². The van der Waals surface area contributed by atoms with E-state index in [-0.39, 0.29) is 11.7 Å². The van der Waals surface area contributed by atoms with Gasteiger partial charge in [0.15, 0.2) is 5.96 Å². The lowest BCUT2D eigenvalue weighted by Crippen LogP contribution is -2.38. The largest absolute Gasteiger partial charge is 0.357 e. The average molecular weight is 362 g/mol. The number of nitrogens with one attached hydrogen (secondary N) is 1. The third kappa shape index (κ3) is 6.65. The minimum atomic E-state index is -0.222. The summed E-state index contributed by atoms with van der Waals surface area (Å²) in [4.78, 5) is 20.7. The maximum absolute atomic E-state index is 13.4. The van der Waals surface area contributed by atoms with E-state index in [2.05, 4.69) is 10.3 Å². The summed E-state index contributed by atoms with van der Waals surface area (Å²) in [6, 6.07) is 6.63. The van der Waals surface area contributed by atoms with Crippen molar-refractivity contribution in [2.45, 2.75) is 45.6 Å². The number of hydrogen-bond acceptors (Lipinski definition) is 2.